The summed E-state index contributed by atoms with van der Waals surface area (Å²) in [6.07, 6.45) is -14.5. The molecule has 0 aliphatic carbocycles. The minimum atomic E-state index is -7.05. The van der Waals surface area contributed by atoms with E-state index in [9.17, 15) is 52.5 Å². The van der Waals surface area contributed by atoms with E-state index in [0.717, 1.165) is 0 Å². The van der Waals surface area contributed by atoms with E-state index in [0.29, 0.717) is 0 Å². The fourth-order valence-corrected chi connectivity index (χ4v) is 1.59. The van der Waals surface area contributed by atoms with Crippen LogP contribution in [0.25, 0.3) is 0 Å². The average molecular weight is 410 g/mol. The molecule has 0 rings (SSSR count). The van der Waals surface area contributed by atoms with Crippen molar-refractivity contribution in [1.29, 1.82) is 0 Å². The van der Waals surface area contributed by atoms with Crippen molar-refractivity contribution in [3.8, 4) is 0 Å². The summed E-state index contributed by atoms with van der Waals surface area (Å²) in [6.45, 7) is -1.47. The second-order valence-corrected chi connectivity index (χ2v) is 5.50. The molecule has 0 amide bonds. The van der Waals surface area contributed by atoms with Gasteiger partial charge in [-0.3, -0.25) is 0 Å². The molecule has 0 aliphatic heterocycles. The van der Waals surface area contributed by atoms with Crippen LogP contribution in [0.15, 0.2) is 0 Å². The number of rotatable bonds is 8. The van der Waals surface area contributed by atoms with Crippen molar-refractivity contribution in [2.75, 3.05) is 12.4 Å². The van der Waals surface area contributed by atoms with Crippen molar-refractivity contribution >= 4 is 10.1 Å². The minimum absolute atomic E-state index is 0. The molecule has 15 heteroatoms. The molecule has 4 nitrogen and oxygen atoms in total. The molecule has 134 valence electrons. The molecular weight excluding hydrogens is 402 g/mol. The summed E-state index contributed by atoms with van der Waals surface area (Å²) in [5.74, 6) is -15.0. The summed E-state index contributed by atoms with van der Waals surface area (Å²) in [5.41, 5.74) is 0. The fraction of sp³-hybridized carbons (Fsp3) is 1.00. The Labute approximate surface area is 166 Å². The number of unbranched alkanes of at least 4 members (excludes halogenated alkanes) is 1. The molecule has 0 fully saturated rings. The molecule has 0 spiro atoms. The van der Waals surface area contributed by atoms with E-state index in [-0.39, 0.29) is 51.4 Å². The first kappa shape index (κ1) is 26.1. The van der Waals surface area contributed by atoms with E-state index in [1.807, 2.05) is 0 Å². The molecule has 0 N–H and O–H groups in total. The predicted octanol–water partition coefficient (Wildman–Crippen LogP) is -0.242. The van der Waals surface area contributed by atoms with Crippen LogP contribution in [0.2, 0.25) is 0 Å². The standard InChI is InChI=1S/C8H9F9O4S.K/c9-5(10,7(13,14)15)6(11,12)8(16,17)21-3-1-2-4-22(18,19)20;/h1-4H2,(H,18,19,20);/q;+1/p-1. The maximum absolute atomic E-state index is 12.8. The van der Waals surface area contributed by atoms with Gasteiger partial charge in [-0.15, -0.1) is 0 Å². The van der Waals surface area contributed by atoms with Crippen LogP contribution >= 0.6 is 0 Å². The monoisotopic (exact) mass is 410 g/mol. The Balaban J connectivity index is 0. The first-order valence-corrected chi connectivity index (χ1v) is 6.81. The van der Waals surface area contributed by atoms with Gasteiger partial charge in [0.2, 0.25) is 0 Å². The fourth-order valence-electron chi connectivity index (χ4n) is 1.03. The van der Waals surface area contributed by atoms with Crippen molar-refractivity contribution in [3.05, 3.63) is 0 Å². The molecular formula is C8H8F9KO4S. The van der Waals surface area contributed by atoms with E-state index in [1.165, 1.54) is 0 Å². The van der Waals surface area contributed by atoms with Gasteiger partial charge in [0.05, 0.1) is 16.7 Å². The predicted molar refractivity (Wildman–Crippen MR) is 50.6 cm³/mol. The van der Waals surface area contributed by atoms with Crippen LogP contribution in [0.1, 0.15) is 12.8 Å². The van der Waals surface area contributed by atoms with Gasteiger partial charge in [-0.1, -0.05) is 0 Å². The Kier molecular flexibility index (Phi) is 9.66. The zero-order valence-electron chi connectivity index (χ0n) is 11.3. The number of hydrogen-bond donors (Lipinski definition) is 0. The third kappa shape index (κ3) is 6.95. The van der Waals surface area contributed by atoms with E-state index in [4.69, 9.17) is 0 Å². The van der Waals surface area contributed by atoms with Gasteiger partial charge in [0.15, 0.2) is 0 Å². The molecule has 0 aliphatic rings. The van der Waals surface area contributed by atoms with Crippen molar-refractivity contribution in [2.45, 2.75) is 37.0 Å². The Morgan fingerprint density at radius 1 is 0.826 bits per heavy atom. The second kappa shape index (κ2) is 8.51. The molecule has 23 heavy (non-hydrogen) atoms. The zero-order valence-corrected chi connectivity index (χ0v) is 15.2. The Bertz CT molecular complexity index is 476. The van der Waals surface area contributed by atoms with E-state index in [1.54, 1.807) is 0 Å². The first-order valence-electron chi connectivity index (χ1n) is 5.23. The summed E-state index contributed by atoms with van der Waals surface area (Å²) < 4.78 is 144. The summed E-state index contributed by atoms with van der Waals surface area (Å²) in [5, 5.41) is 0. The van der Waals surface area contributed by atoms with Crippen molar-refractivity contribution in [3.63, 3.8) is 0 Å². The summed E-state index contributed by atoms with van der Waals surface area (Å²) in [6, 6.07) is 0. The van der Waals surface area contributed by atoms with Gasteiger partial charge in [-0.05, 0) is 12.8 Å². The number of alkyl halides is 9. The summed E-state index contributed by atoms with van der Waals surface area (Å²) in [4.78, 5) is 0. The smallest absolute Gasteiger partial charge is 0.748 e. The van der Waals surface area contributed by atoms with E-state index >= 15 is 0 Å². The van der Waals surface area contributed by atoms with Gasteiger partial charge in [0, 0.05) is 5.75 Å². The van der Waals surface area contributed by atoms with Crippen LogP contribution in [-0.4, -0.2) is 49.5 Å². The molecule has 0 aromatic carbocycles. The molecule has 0 atom stereocenters. The van der Waals surface area contributed by atoms with Crippen LogP contribution in [0, 0.1) is 0 Å². The van der Waals surface area contributed by atoms with Gasteiger partial charge in [-0.2, -0.15) is 39.5 Å². The summed E-state index contributed by atoms with van der Waals surface area (Å²) >= 11 is 0. The Morgan fingerprint density at radius 2 is 1.26 bits per heavy atom. The topological polar surface area (TPSA) is 66.4 Å². The molecule has 0 heterocycles. The van der Waals surface area contributed by atoms with Gasteiger partial charge in [-0.25, -0.2) is 8.42 Å². The molecule has 0 saturated carbocycles. The normalized spacial score (nSPS) is 14.5. The third-order valence-corrected chi connectivity index (χ3v) is 2.98. The molecule has 0 radical (unpaired) electrons. The number of hydrogen-bond acceptors (Lipinski definition) is 4. The third-order valence-electron chi connectivity index (χ3n) is 2.19. The van der Waals surface area contributed by atoms with Gasteiger partial charge < -0.3 is 9.29 Å². The quantitative estimate of drug-likeness (QED) is 0.240. The maximum atomic E-state index is 12.8. The van der Waals surface area contributed by atoms with E-state index in [2.05, 4.69) is 4.74 Å². The van der Waals surface area contributed by atoms with Gasteiger partial charge in [0.25, 0.3) is 0 Å². The molecule has 0 aromatic rings. The van der Waals surface area contributed by atoms with Crippen LogP contribution < -0.4 is 51.4 Å². The first-order chi connectivity index (χ1) is 9.46. The van der Waals surface area contributed by atoms with Crippen LogP contribution in [0.5, 0.6) is 0 Å². The van der Waals surface area contributed by atoms with Gasteiger partial charge >= 0.3 is 75.5 Å². The number of ether oxygens (including phenoxy) is 1. The van der Waals surface area contributed by atoms with Gasteiger partial charge in [0.1, 0.15) is 0 Å². The molecule has 0 aromatic heterocycles. The molecule has 0 bridgehead atoms. The van der Waals surface area contributed by atoms with Crippen molar-refractivity contribution < 1.29 is 109 Å². The SMILES string of the molecule is O=S(=O)([O-])CCCCOC(F)(F)C(F)(F)C(F)(F)C(F)(F)F.[K+]. The van der Waals surface area contributed by atoms with Crippen LogP contribution in [0.4, 0.5) is 39.5 Å². The number of halogens is 9. The minimum Gasteiger partial charge on any atom is -0.748 e. The van der Waals surface area contributed by atoms with Crippen molar-refractivity contribution in [2.24, 2.45) is 0 Å². The van der Waals surface area contributed by atoms with E-state index < -0.39 is 59.4 Å². The summed E-state index contributed by atoms with van der Waals surface area (Å²) in [7, 11) is -4.72. The molecule has 0 unspecified atom stereocenters. The van der Waals surface area contributed by atoms with Crippen LogP contribution in [-0.2, 0) is 14.9 Å². The Morgan fingerprint density at radius 3 is 1.61 bits per heavy atom. The zero-order chi connectivity index (χ0) is 18.0. The van der Waals surface area contributed by atoms with Crippen molar-refractivity contribution in [1.82, 2.24) is 0 Å². The molecule has 0 saturated heterocycles. The largest absolute Gasteiger partial charge is 1.00 e. The maximum Gasteiger partial charge on any atom is 1.00 e. The van der Waals surface area contributed by atoms with Crippen LogP contribution in [0.3, 0.4) is 0 Å². The average Bonchev–Trinajstić information content (AvgIpc) is 2.24. The second-order valence-electron chi connectivity index (χ2n) is 3.98. The Hall–Kier alpha value is 0.876.